The molecule has 0 aliphatic rings. The van der Waals surface area contributed by atoms with Crippen molar-refractivity contribution in [2.24, 2.45) is 0 Å². The zero-order chi connectivity index (χ0) is 11.8. The number of nitrogens with one attached hydrogen (secondary N) is 1. The summed E-state index contributed by atoms with van der Waals surface area (Å²) in [4.78, 5) is 22.6. The zero-order valence-corrected chi connectivity index (χ0v) is 9.40. The predicted molar refractivity (Wildman–Crippen MR) is 67.0 cm³/mol. The van der Waals surface area contributed by atoms with E-state index in [4.69, 9.17) is 0 Å². The van der Waals surface area contributed by atoms with Gasteiger partial charge in [-0.3, -0.25) is 4.98 Å². The third-order valence-corrected chi connectivity index (χ3v) is 2.90. The van der Waals surface area contributed by atoms with Crippen molar-refractivity contribution in [3.8, 4) is 0 Å². The Kier molecular flexibility index (Phi) is 2.14. The van der Waals surface area contributed by atoms with Gasteiger partial charge in [-0.2, -0.15) is 4.98 Å². The van der Waals surface area contributed by atoms with Crippen molar-refractivity contribution in [1.29, 1.82) is 0 Å². The van der Waals surface area contributed by atoms with Crippen LogP contribution in [-0.2, 0) is 6.42 Å². The molecule has 0 amide bonds. The number of benzene rings is 1. The molecule has 0 aliphatic carbocycles. The van der Waals surface area contributed by atoms with Crippen LogP contribution in [0.25, 0.3) is 21.8 Å². The second-order valence-electron chi connectivity index (χ2n) is 3.90. The van der Waals surface area contributed by atoms with Crippen LogP contribution in [-0.4, -0.2) is 15.0 Å². The molecule has 3 rings (SSSR count). The maximum atomic E-state index is 11.5. The molecule has 3 aromatic rings. The summed E-state index contributed by atoms with van der Waals surface area (Å²) in [5.41, 5.74) is 2.23. The molecular weight excluding hydrogens is 214 g/mol. The lowest BCUT2D eigenvalue weighted by Crippen LogP contribution is -2.13. The summed E-state index contributed by atoms with van der Waals surface area (Å²) < 4.78 is 0. The SMILES string of the molecule is CCc1nc(=O)[nH]c2c1ccc1ncccc12. The molecule has 0 aliphatic heterocycles. The number of fused-ring (bicyclic) bond motifs is 3. The standard InChI is InChI=1S/C13H11N3O/c1-2-10-9-5-6-11-8(4-3-7-14-11)12(9)16-13(17)15-10/h3-7H,2H2,1H3,(H,15,16,17). The second kappa shape index (κ2) is 3.66. The molecule has 0 atom stereocenters. The minimum atomic E-state index is -0.300. The molecule has 2 aromatic heterocycles. The van der Waals surface area contributed by atoms with Gasteiger partial charge in [-0.1, -0.05) is 6.92 Å². The fourth-order valence-corrected chi connectivity index (χ4v) is 2.11. The number of pyridine rings is 1. The van der Waals surface area contributed by atoms with Gasteiger partial charge in [0, 0.05) is 17.0 Å². The van der Waals surface area contributed by atoms with Crippen LogP contribution in [0.4, 0.5) is 0 Å². The maximum absolute atomic E-state index is 11.5. The molecular formula is C13H11N3O. The number of nitrogens with zero attached hydrogens (tertiary/aromatic N) is 2. The molecule has 0 fully saturated rings. The second-order valence-corrected chi connectivity index (χ2v) is 3.90. The summed E-state index contributed by atoms with van der Waals surface area (Å²) in [6, 6.07) is 7.75. The van der Waals surface area contributed by atoms with E-state index in [-0.39, 0.29) is 5.69 Å². The zero-order valence-electron chi connectivity index (χ0n) is 9.40. The molecule has 0 unspecified atom stereocenters. The van der Waals surface area contributed by atoms with Crippen molar-refractivity contribution >= 4 is 21.8 Å². The number of hydrogen-bond donors (Lipinski definition) is 1. The first-order valence-corrected chi connectivity index (χ1v) is 5.56. The predicted octanol–water partition coefficient (Wildman–Crippen LogP) is 2.03. The lowest BCUT2D eigenvalue weighted by atomic mass is 10.1. The van der Waals surface area contributed by atoms with Gasteiger partial charge in [0.1, 0.15) is 0 Å². The number of aromatic nitrogens is 3. The van der Waals surface area contributed by atoms with Gasteiger partial charge in [0.25, 0.3) is 0 Å². The monoisotopic (exact) mass is 225 g/mol. The van der Waals surface area contributed by atoms with Crippen molar-refractivity contribution < 1.29 is 0 Å². The van der Waals surface area contributed by atoms with Gasteiger partial charge in [0.05, 0.1) is 16.7 Å². The first-order chi connectivity index (χ1) is 8.29. The van der Waals surface area contributed by atoms with Crippen LogP contribution in [0.3, 0.4) is 0 Å². The van der Waals surface area contributed by atoms with Gasteiger partial charge in [-0.05, 0) is 30.7 Å². The maximum Gasteiger partial charge on any atom is 0.345 e. The first kappa shape index (κ1) is 9.96. The fourth-order valence-electron chi connectivity index (χ4n) is 2.11. The third-order valence-electron chi connectivity index (χ3n) is 2.90. The molecule has 0 saturated carbocycles. The van der Waals surface area contributed by atoms with E-state index in [0.29, 0.717) is 0 Å². The molecule has 2 heterocycles. The minimum absolute atomic E-state index is 0.300. The average Bonchev–Trinajstić information content (AvgIpc) is 2.37. The Balaban J connectivity index is 2.58. The van der Waals surface area contributed by atoms with Crippen molar-refractivity contribution in [1.82, 2.24) is 15.0 Å². The van der Waals surface area contributed by atoms with E-state index in [1.807, 2.05) is 31.2 Å². The van der Waals surface area contributed by atoms with Gasteiger partial charge in [0.2, 0.25) is 0 Å². The molecule has 4 nitrogen and oxygen atoms in total. The van der Waals surface area contributed by atoms with Gasteiger partial charge < -0.3 is 4.98 Å². The van der Waals surface area contributed by atoms with Crippen molar-refractivity contribution in [2.45, 2.75) is 13.3 Å². The summed E-state index contributed by atoms with van der Waals surface area (Å²) >= 11 is 0. The van der Waals surface area contributed by atoms with Crippen LogP contribution in [0.2, 0.25) is 0 Å². The number of hydrogen-bond acceptors (Lipinski definition) is 3. The van der Waals surface area contributed by atoms with Crippen LogP contribution >= 0.6 is 0 Å². The van der Waals surface area contributed by atoms with Crippen LogP contribution < -0.4 is 5.69 Å². The lowest BCUT2D eigenvalue weighted by molar-refractivity contribution is 0.991. The average molecular weight is 225 g/mol. The fraction of sp³-hybridized carbons (Fsp3) is 0.154. The topological polar surface area (TPSA) is 58.6 Å². The number of rotatable bonds is 1. The smallest absolute Gasteiger partial charge is 0.305 e. The van der Waals surface area contributed by atoms with Crippen LogP contribution in [0, 0.1) is 0 Å². The van der Waals surface area contributed by atoms with Crippen LogP contribution in [0.1, 0.15) is 12.6 Å². The molecule has 0 spiro atoms. The number of aryl methyl sites for hydroxylation is 1. The Morgan fingerprint density at radius 2 is 2.12 bits per heavy atom. The quantitative estimate of drug-likeness (QED) is 0.645. The van der Waals surface area contributed by atoms with Gasteiger partial charge >= 0.3 is 5.69 Å². The van der Waals surface area contributed by atoms with E-state index in [1.165, 1.54) is 0 Å². The van der Waals surface area contributed by atoms with Gasteiger partial charge in [0.15, 0.2) is 0 Å². The highest BCUT2D eigenvalue weighted by atomic mass is 16.1. The van der Waals surface area contributed by atoms with Crippen molar-refractivity contribution in [2.75, 3.05) is 0 Å². The molecule has 0 bridgehead atoms. The molecule has 4 heteroatoms. The van der Waals surface area contributed by atoms with Gasteiger partial charge in [-0.25, -0.2) is 4.79 Å². The van der Waals surface area contributed by atoms with Crippen molar-refractivity contribution in [3.05, 3.63) is 46.6 Å². The Hall–Kier alpha value is -2.23. The first-order valence-electron chi connectivity index (χ1n) is 5.56. The van der Waals surface area contributed by atoms with Crippen LogP contribution in [0.5, 0.6) is 0 Å². The van der Waals surface area contributed by atoms with Gasteiger partial charge in [-0.15, -0.1) is 0 Å². The van der Waals surface area contributed by atoms with E-state index in [1.54, 1.807) is 6.20 Å². The molecule has 0 saturated heterocycles. The highest BCUT2D eigenvalue weighted by Crippen LogP contribution is 2.22. The van der Waals surface area contributed by atoms with E-state index in [0.717, 1.165) is 33.9 Å². The summed E-state index contributed by atoms with van der Waals surface area (Å²) in [6.07, 6.45) is 2.49. The highest BCUT2D eigenvalue weighted by Gasteiger charge is 2.06. The number of aromatic amines is 1. The summed E-state index contributed by atoms with van der Waals surface area (Å²) in [5, 5.41) is 1.95. The van der Waals surface area contributed by atoms with E-state index in [9.17, 15) is 4.79 Å². The summed E-state index contributed by atoms with van der Waals surface area (Å²) in [5.74, 6) is 0. The molecule has 84 valence electrons. The number of H-pyrrole nitrogens is 1. The van der Waals surface area contributed by atoms with E-state index < -0.39 is 0 Å². The third kappa shape index (κ3) is 1.49. The van der Waals surface area contributed by atoms with E-state index >= 15 is 0 Å². The molecule has 17 heavy (non-hydrogen) atoms. The lowest BCUT2D eigenvalue weighted by Gasteiger charge is -2.05. The Bertz CT molecular complexity index is 761. The largest absolute Gasteiger partial charge is 0.345 e. The molecule has 0 radical (unpaired) electrons. The highest BCUT2D eigenvalue weighted by molar-refractivity contribution is 6.04. The van der Waals surface area contributed by atoms with Crippen LogP contribution in [0.15, 0.2) is 35.3 Å². The molecule has 1 aromatic carbocycles. The molecule has 1 N–H and O–H groups in total. The Labute approximate surface area is 97.3 Å². The van der Waals surface area contributed by atoms with Crippen molar-refractivity contribution in [3.63, 3.8) is 0 Å². The summed E-state index contributed by atoms with van der Waals surface area (Å²) in [6.45, 7) is 1.99. The summed E-state index contributed by atoms with van der Waals surface area (Å²) in [7, 11) is 0. The van der Waals surface area contributed by atoms with E-state index in [2.05, 4.69) is 15.0 Å². The Morgan fingerprint density at radius 1 is 1.24 bits per heavy atom. The Morgan fingerprint density at radius 3 is 2.94 bits per heavy atom. The minimum Gasteiger partial charge on any atom is -0.305 e. The normalized spacial score (nSPS) is 11.1.